The van der Waals surface area contributed by atoms with Gasteiger partial charge in [-0.1, -0.05) is 29.8 Å². The Morgan fingerprint density at radius 1 is 1.27 bits per heavy atom. The van der Waals surface area contributed by atoms with Crippen LogP contribution in [0.15, 0.2) is 66.1 Å². The Labute approximate surface area is 265 Å². The number of halogens is 3. The highest BCUT2D eigenvalue weighted by atomic mass is 35.5. The third-order valence-electron chi connectivity index (χ3n) is 8.00. The molecule has 1 saturated heterocycles. The van der Waals surface area contributed by atoms with Gasteiger partial charge < -0.3 is 31.5 Å². The normalized spacial score (nSPS) is 18.1. The molecule has 4 atom stereocenters. The van der Waals surface area contributed by atoms with Gasteiger partial charge in [-0.05, 0) is 73.7 Å². The summed E-state index contributed by atoms with van der Waals surface area (Å²) < 4.78 is 35.6. The van der Waals surface area contributed by atoms with Crippen LogP contribution in [0.4, 0.5) is 8.78 Å². The Morgan fingerprint density at radius 2 is 2.07 bits per heavy atom. The van der Waals surface area contributed by atoms with Gasteiger partial charge in [0.25, 0.3) is 0 Å². The van der Waals surface area contributed by atoms with Crippen LogP contribution in [0.1, 0.15) is 36.4 Å². The quantitative estimate of drug-likeness (QED) is 0.0750. The summed E-state index contributed by atoms with van der Waals surface area (Å²) in [5.41, 5.74) is 9.12. The first-order valence-corrected chi connectivity index (χ1v) is 15.4. The predicted octanol–water partition coefficient (Wildman–Crippen LogP) is 5.01. The number of H-pyrrole nitrogens is 1. The molecule has 9 nitrogen and oxygen atoms in total. The van der Waals surface area contributed by atoms with Gasteiger partial charge in [-0.25, -0.2) is 13.6 Å². The van der Waals surface area contributed by atoms with Gasteiger partial charge >= 0.3 is 5.69 Å². The average molecular weight is 638 g/mol. The third kappa shape index (κ3) is 8.11. The van der Waals surface area contributed by atoms with Crippen molar-refractivity contribution in [2.45, 2.75) is 50.0 Å². The van der Waals surface area contributed by atoms with Crippen molar-refractivity contribution in [3.63, 3.8) is 0 Å². The Balaban J connectivity index is 1.30. The van der Waals surface area contributed by atoms with E-state index in [1.165, 1.54) is 4.57 Å². The fourth-order valence-corrected chi connectivity index (χ4v) is 5.72. The largest absolute Gasteiger partial charge is 0.378 e. The zero-order valence-corrected chi connectivity index (χ0v) is 25.6. The molecular weight excluding hydrogens is 600 g/mol. The number of aryl methyl sites for hydroxylation is 1. The highest BCUT2D eigenvalue weighted by Crippen LogP contribution is 2.31. The summed E-state index contributed by atoms with van der Waals surface area (Å²) in [5.74, 6) is -0.546. The molecule has 1 aliphatic heterocycles. The fraction of sp³-hybridized carbons (Fsp3) is 0.364. The fourth-order valence-electron chi connectivity index (χ4n) is 5.48. The van der Waals surface area contributed by atoms with Gasteiger partial charge in [0.15, 0.2) is 5.82 Å². The zero-order chi connectivity index (χ0) is 31.9. The molecule has 238 valence electrons. The maximum absolute atomic E-state index is 15.1. The molecule has 0 bridgehead atoms. The number of hydrogen-bond acceptors (Lipinski definition) is 7. The molecule has 2 aromatic carbocycles. The maximum atomic E-state index is 15.1. The summed E-state index contributed by atoms with van der Waals surface area (Å²) in [6.45, 7) is 5.51. The predicted molar refractivity (Wildman–Crippen MR) is 175 cm³/mol. The standard InChI is InChI=1S/C33H38ClF2N7O2/c1-2-24(38)5-3-4-20-12-27(31(36)28(34)13-20)29-14-22-17-43(33(44)42-32(22)41-29)26-8-6-21(7-9-26)30-19-45-18-25(40-30)10-11-39-16-23(35)15-37/h2,6-9,12-15,17,23-25,30,37,39-40H,1,3-5,10-11,16,18-19,38H2,(H,41,42,44)/t23?,24-,25+,30-/m0/s1. The number of ether oxygens (including phenoxy) is 1. The number of rotatable bonds is 14. The van der Waals surface area contributed by atoms with E-state index in [-0.39, 0.29) is 29.7 Å². The molecule has 1 fully saturated rings. The first-order valence-electron chi connectivity index (χ1n) is 15.0. The minimum absolute atomic E-state index is 0.0247. The van der Waals surface area contributed by atoms with Gasteiger partial charge in [-0.15, -0.1) is 6.58 Å². The van der Waals surface area contributed by atoms with Gasteiger partial charge in [0.05, 0.1) is 35.7 Å². The number of alkyl halides is 1. The van der Waals surface area contributed by atoms with Crippen molar-refractivity contribution in [3.05, 3.63) is 93.8 Å². The highest BCUT2D eigenvalue weighted by Gasteiger charge is 2.23. The molecule has 0 saturated carbocycles. The monoisotopic (exact) mass is 637 g/mol. The number of nitrogens with two attached hydrogens (primary N) is 1. The van der Waals surface area contributed by atoms with E-state index in [4.69, 9.17) is 27.5 Å². The molecule has 1 unspecified atom stereocenters. The van der Waals surface area contributed by atoms with Crippen LogP contribution in [-0.4, -0.2) is 65.3 Å². The summed E-state index contributed by atoms with van der Waals surface area (Å²) in [6, 6.07) is 12.7. The van der Waals surface area contributed by atoms with Crippen molar-refractivity contribution in [2.24, 2.45) is 5.73 Å². The Morgan fingerprint density at radius 3 is 2.82 bits per heavy atom. The molecule has 1 aliphatic rings. The smallest absolute Gasteiger partial charge is 0.354 e. The maximum Gasteiger partial charge on any atom is 0.354 e. The average Bonchev–Trinajstić information content (AvgIpc) is 3.46. The number of fused-ring (bicyclic) bond motifs is 1. The zero-order valence-electron chi connectivity index (χ0n) is 24.9. The van der Waals surface area contributed by atoms with Crippen LogP contribution in [0.25, 0.3) is 28.0 Å². The summed E-state index contributed by atoms with van der Waals surface area (Å²) >= 11 is 6.25. The molecule has 0 spiro atoms. The molecule has 0 aliphatic carbocycles. The van der Waals surface area contributed by atoms with Crippen LogP contribution in [0.2, 0.25) is 5.02 Å². The summed E-state index contributed by atoms with van der Waals surface area (Å²) in [5, 5.41) is 14.2. The van der Waals surface area contributed by atoms with Crippen molar-refractivity contribution < 1.29 is 13.5 Å². The second-order valence-electron chi connectivity index (χ2n) is 11.3. The highest BCUT2D eigenvalue weighted by molar-refractivity contribution is 6.31. The number of aromatic amines is 1. The number of morpholine rings is 1. The Kier molecular flexibility index (Phi) is 10.9. The van der Waals surface area contributed by atoms with E-state index in [1.54, 1.807) is 30.5 Å². The Bertz CT molecular complexity index is 1690. The molecule has 6 N–H and O–H groups in total. The topological polar surface area (TPSA) is 134 Å². The molecule has 4 aromatic rings. The molecule has 3 heterocycles. The van der Waals surface area contributed by atoms with Gasteiger partial charge in [-0.2, -0.15) is 4.98 Å². The van der Waals surface area contributed by atoms with Crippen molar-refractivity contribution >= 4 is 28.8 Å². The third-order valence-corrected chi connectivity index (χ3v) is 8.27. The van der Waals surface area contributed by atoms with Crippen LogP contribution in [0.5, 0.6) is 0 Å². The van der Waals surface area contributed by atoms with Crippen molar-refractivity contribution in [1.82, 2.24) is 25.2 Å². The van der Waals surface area contributed by atoms with E-state index < -0.39 is 17.7 Å². The lowest BCUT2D eigenvalue weighted by Gasteiger charge is -2.31. The summed E-state index contributed by atoms with van der Waals surface area (Å²) in [4.78, 5) is 20.3. The van der Waals surface area contributed by atoms with E-state index in [1.807, 2.05) is 24.3 Å². The second-order valence-corrected chi connectivity index (χ2v) is 11.7. The summed E-state index contributed by atoms with van der Waals surface area (Å²) in [6.07, 6.45) is 5.90. The van der Waals surface area contributed by atoms with Gasteiger partial charge in [0.2, 0.25) is 0 Å². The minimum atomic E-state index is -1.28. The lowest BCUT2D eigenvalue weighted by Crippen LogP contribution is -2.45. The number of nitrogens with zero attached hydrogens (tertiary/aromatic N) is 2. The molecule has 45 heavy (non-hydrogen) atoms. The van der Waals surface area contributed by atoms with E-state index >= 15 is 4.39 Å². The van der Waals surface area contributed by atoms with Crippen LogP contribution in [-0.2, 0) is 11.2 Å². The van der Waals surface area contributed by atoms with Gasteiger partial charge in [0, 0.05) is 42.0 Å². The molecule has 5 rings (SSSR count). The lowest BCUT2D eigenvalue weighted by atomic mass is 10.0. The van der Waals surface area contributed by atoms with E-state index in [0.29, 0.717) is 54.2 Å². The lowest BCUT2D eigenvalue weighted by molar-refractivity contribution is 0.0427. The van der Waals surface area contributed by atoms with Crippen molar-refractivity contribution in [3.8, 4) is 16.9 Å². The number of benzene rings is 2. The summed E-state index contributed by atoms with van der Waals surface area (Å²) in [7, 11) is 0. The molecule has 0 radical (unpaired) electrons. The molecule has 0 amide bonds. The van der Waals surface area contributed by atoms with Crippen LogP contribution < -0.4 is 22.1 Å². The van der Waals surface area contributed by atoms with Gasteiger partial charge in [-0.3, -0.25) is 4.57 Å². The second kappa shape index (κ2) is 15.0. The van der Waals surface area contributed by atoms with E-state index in [9.17, 15) is 9.18 Å². The number of aromatic nitrogens is 3. The number of hydrogen-bond donors (Lipinski definition) is 5. The SMILES string of the molecule is C=C[C@H](N)CCCc1cc(Cl)c(F)c(-c2cc3cn(-c4ccc([C@@H]5COC[C@@H](CCNCC(F)C=N)N5)cc4)c(=O)nc3[nH]2)c1. The first kappa shape index (κ1) is 32.6. The molecule has 2 aromatic heterocycles. The molecular formula is C33H38ClF2N7O2. The first-order chi connectivity index (χ1) is 21.7. The van der Waals surface area contributed by atoms with Crippen molar-refractivity contribution in [1.29, 1.82) is 5.41 Å². The van der Waals surface area contributed by atoms with E-state index in [2.05, 4.69) is 27.2 Å². The molecule has 12 heteroatoms. The Hall–Kier alpha value is -3.74. The minimum Gasteiger partial charge on any atom is -0.378 e. The number of nitrogens with one attached hydrogen (secondary N) is 4. The van der Waals surface area contributed by atoms with Crippen LogP contribution >= 0.6 is 11.6 Å². The van der Waals surface area contributed by atoms with E-state index in [0.717, 1.165) is 36.6 Å². The van der Waals surface area contributed by atoms with Gasteiger partial charge in [0.1, 0.15) is 11.8 Å². The van der Waals surface area contributed by atoms with Crippen molar-refractivity contribution in [2.75, 3.05) is 26.3 Å². The van der Waals surface area contributed by atoms with Crippen LogP contribution in [0, 0.1) is 11.2 Å². The van der Waals surface area contributed by atoms with Crippen LogP contribution in [0.3, 0.4) is 0 Å².